The molecule has 1 unspecified atom stereocenters. The highest BCUT2D eigenvalue weighted by Gasteiger charge is 2.30. The summed E-state index contributed by atoms with van der Waals surface area (Å²) in [5, 5.41) is 8.12. The first kappa shape index (κ1) is 13.6. The Hall–Kier alpha value is -0.870. The maximum absolute atomic E-state index is 4.53. The summed E-state index contributed by atoms with van der Waals surface area (Å²) in [4.78, 5) is 2.55. The predicted molar refractivity (Wildman–Crippen MR) is 74.6 cm³/mol. The lowest BCUT2D eigenvalue weighted by Gasteiger charge is -2.43. The standard InChI is InChI=1S/C14H26N4/c1-6-18-13(7-11(2)16-18)9-17-10-14(4,5)15-8-12(17)3/h7,12,15H,6,8-10H2,1-5H3. The van der Waals surface area contributed by atoms with Crippen LogP contribution >= 0.6 is 0 Å². The lowest BCUT2D eigenvalue weighted by Crippen LogP contribution is -2.60. The van der Waals surface area contributed by atoms with Crippen molar-refractivity contribution in [2.45, 2.75) is 59.3 Å². The number of piperazine rings is 1. The summed E-state index contributed by atoms with van der Waals surface area (Å²) in [7, 11) is 0. The number of hydrogen-bond donors (Lipinski definition) is 1. The zero-order valence-electron chi connectivity index (χ0n) is 12.3. The van der Waals surface area contributed by atoms with Gasteiger partial charge in [0.05, 0.1) is 11.4 Å². The van der Waals surface area contributed by atoms with Crippen LogP contribution in [0, 0.1) is 6.92 Å². The Morgan fingerprint density at radius 2 is 2.22 bits per heavy atom. The van der Waals surface area contributed by atoms with E-state index in [0.717, 1.165) is 31.9 Å². The molecule has 0 saturated carbocycles. The lowest BCUT2D eigenvalue weighted by atomic mass is 9.99. The molecule has 4 nitrogen and oxygen atoms in total. The van der Waals surface area contributed by atoms with Crippen LogP contribution in [0.25, 0.3) is 0 Å². The number of rotatable bonds is 3. The number of hydrogen-bond acceptors (Lipinski definition) is 3. The van der Waals surface area contributed by atoms with Crippen molar-refractivity contribution in [1.29, 1.82) is 0 Å². The minimum absolute atomic E-state index is 0.207. The third-order valence-corrected chi connectivity index (χ3v) is 3.75. The van der Waals surface area contributed by atoms with Gasteiger partial charge in [-0.15, -0.1) is 0 Å². The van der Waals surface area contributed by atoms with Crippen LogP contribution in [0.5, 0.6) is 0 Å². The molecule has 1 atom stereocenters. The zero-order valence-corrected chi connectivity index (χ0v) is 12.3. The number of aromatic nitrogens is 2. The summed E-state index contributed by atoms with van der Waals surface area (Å²) in [5.41, 5.74) is 2.66. The van der Waals surface area contributed by atoms with E-state index in [0.29, 0.717) is 6.04 Å². The molecule has 1 fully saturated rings. The van der Waals surface area contributed by atoms with Crippen LogP contribution in [0.15, 0.2) is 6.07 Å². The van der Waals surface area contributed by atoms with Crippen molar-refractivity contribution in [3.63, 3.8) is 0 Å². The minimum Gasteiger partial charge on any atom is -0.309 e. The molecule has 1 N–H and O–H groups in total. The Morgan fingerprint density at radius 1 is 1.50 bits per heavy atom. The summed E-state index contributed by atoms with van der Waals surface area (Å²) >= 11 is 0. The third kappa shape index (κ3) is 2.93. The van der Waals surface area contributed by atoms with Gasteiger partial charge in [0.1, 0.15) is 0 Å². The van der Waals surface area contributed by atoms with E-state index in [-0.39, 0.29) is 5.54 Å². The Bertz CT molecular complexity index is 408. The zero-order chi connectivity index (χ0) is 13.3. The topological polar surface area (TPSA) is 33.1 Å². The molecule has 102 valence electrons. The molecule has 1 aromatic rings. The average Bonchev–Trinajstić information content (AvgIpc) is 2.64. The summed E-state index contributed by atoms with van der Waals surface area (Å²) in [6.45, 7) is 15.2. The Morgan fingerprint density at radius 3 is 2.89 bits per heavy atom. The van der Waals surface area contributed by atoms with E-state index in [9.17, 15) is 0 Å². The number of aryl methyl sites for hydroxylation is 2. The average molecular weight is 250 g/mol. The molecule has 1 aliphatic heterocycles. The van der Waals surface area contributed by atoms with E-state index < -0.39 is 0 Å². The van der Waals surface area contributed by atoms with Crippen molar-refractivity contribution in [2.75, 3.05) is 13.1 Å². The highest BCUT2D eigenvalue weighted by molar-refractivity contribution is 5.09. The van der Waals surface area contributed by atoms with Gasteiger partial charge in [0.2, 0.25) is 0 Å². The highest BCUT2D eigenvalue weighted by Crippen LogP contribution is 2.18. The molecule has 1 saturated heterocycles. The second-order valence-electron chi connectivity index (χ2n) is 6.11. The molecule has 0 spiro atoms. The van der Waals surface area contributed by atoms with E-state index in [4.69, 9.17) is 0 Å². The second-order valence-corrected chi connectivity index (χ2v) is 6.11. The highest BCUT2D eigenvalue weighted by atomic mass is 15.3. The van der Waals surface area contributed by atoms with Gasteiger partial charge in [-0.25, -0.2) is 0 Å². The molecule has 2 heterocycles. The van der Waals surface area contributed by atoms with Gasteiger partial charge in [0, 0.05) is 37.8 Å². The van der Waals surface area contributed by atoms with Crippen LogP contribution in [0.4, 0.5) is 0 Å². The van der Waals surface area contributed by atoms with Crippen LogP contribution in [0.3, 0.4) is 0 Å². The van der Waals surface area contributed by atoms with Gasteiger partial charge in [-0.1, -0.05) is 0 Å². The van der Waals surface area contributed by atoms with Crippen molar-refractivity contribution in [3.05, 3.63) is 17.5 Å². The smallest absolute Gasteiger partial charge is 0.0597 e. The first-order chi connectivity index (χ1) is 8.41. The van der Waals surface area contributed by atoms with Crippen molar-refractivity contribution in [3.8, 4) is 0 Å². The fourth-order valence-electron chi connectivity index (χ4n) is 2.69. The summed E-state index contributed by atoms with van der Waals surface area (Å²) < 4.78 is 2.12. The minimum atomic E-state index is 0.207. The van der Waals surface area contributed by atoms with E-state index in [1.165, 1.54) is 5.69 Å². The summed E-state index contributed by atoms with van der Waals surface area (Å²) in [6.07, 6.45) is 0. The third-order valence-electron chi connectivity index (χ3n) is 3.75. The molecule has 0 aliphatic carbocycles. The van der Waals surface area contributed by atoms with Gasteiger partial charge >= 0.3 is 0 Å². The molecule has 18 heavy (non-hydrogen) atoms. The van der Waals surface area contributed by atoms with Crippen molar-refractivity contribution >= 4 is 0 Å². The van der Waals surface area contributed by atoms with Crippen molar-refractivity contribution in [2.24, 2.45) is 0 Å². The molecule has 4 heteroatoms. The fraction of sp³-hybridized carbons (Fsp3) is 0.786. The first-order valence-electron chi connectivity index (χ1n) is 6.93. The lowest BCUT2D eigenvalue weighted by molar-refractivity contribution is 0.0950. The van der Waals surface area contributed by atoms with E-state index >= 15 is 0 Å². The molecule has 0 amide bonds. The van der Waals surface area contributed by atoms with Crippen LogP contribution in [0.1, 0.15) is 39.1 Å². The first-order valence-corrected chi connectivity index (χ1v) is 6.93. The van der Waals surface area contributed by atoms with E-state index in [1.54, 1.807) is 0 Å². The summed E-state index contributed by atoms with van der Waals surface area (Å²) in [5.74, 6) is 0. The van der Waals surface area contributed by atoms with E-state index in [2.05, 4.69) is 60.7 Å². The molecular weight excluding hydrogens is 224 g/mol. The SMILES string of the molecule is CCn1nc(C)cc1CN1CC(C)(C)NCC1C. The van der Waals surface area contributed by atoms with E-state index in [1.807, 2.05) is 0 Å². The predicted octanol–water partition coefficient (Wildman–Crippen LogP) is 1.78. The Balaban J connectivity index is 2.11. The van der Waals surface area contributed by atoms with Crippen LogP contribution < -0.4 is 5.32 Å². The van der Waals surface area contributed by atoms with Gasteiger partial charge in [-0.2, -0.15) is 5.10 Å². The largest absolute Gasteiger partial charge is 0.309 e. The summed E-state index contributed by atoms with van der Waals surface area (Å²) in [6, 6.07) is 2.80. The molecule has 0 radical (unpaired) electrons. The molecule has 2 rings (SSSR count). The molecule has 1 aliphatic rings. The van der Waals surface area contributed by atoms with Crippen molar-refractivity contribution < 1.29 is 0 Å². The van der Waals surface area contributed by atoms with Gasteiger partial charge in [0.25, 0.3) is 0 Å². The van der Waals surface area contributed by atoms with Crippen LogP contribution in [0.2, 0.25) is 0 Å². The quantitative estimate of drug-likeness (QED) is 0.888. The van der Waals surface area contributed by atoms with Crippen LogP contribution in [-0.2, 0) is 13.1 Å². The van der Waals surface area contributed by atoms with Crippen LogP contribution in [-0.4, -0.2) is 39.4 Å². The number of nitrogens with zero attached hydrogens (tertiary/aromatic N) is 3. The normalized spacial score (nSPS) is 24.4. The maximum atomic E-state index is 4.53. The number of nitrogens with one attached hydrogen (secondary N) is 1. The molecule has 0 bridgehead atoms. The van der Waals surface area contributed by atoms with Gasteiger partial charge in [0.15, 0.2) is 0 Å². The molecule has 1 aromatic heterocycles. The monoisotopic (exact) mass is 250 g/mol. The Labute approximate surface area is 110 Å². The fourth-order valence-corrected chi connectivity index (χ4v) is 2.69. The van der Waals surface area contributed by atoms with Gasteiger partial charge in [-0.05, 0) is 40.7 Å². The second kappa shape index (κ2) is 5.02. The Kier molecular flexibility index (Phi) is 3.78. The molecule has 0 aromatic carbocycles. The van der Waals surface area contributed by atoms with Crippen molar-refractivity contribution in [1.82, 2.24) is 20.0 Å². The van der Waals surface area contributed by atoms with Gasteiger partial charge < -0.3 is 5.32 Å². The van der Waals surface area contributed by atoms with Gasteiger partial charge in [-0.3, -0.25) is 9.58 Å². The maximum Gasteiger partial charge on any atom is 0.0597 e. The molecular formula is C14H26N4.